The maximum Gasteiger partial charge on any atom is 0.254 e. The van der Waals surface area contributed by atoms with Crippen LogP contribution in [0.5, 0.6) is 0 Å². The minimum atomic E-state index is -0.0907. The SMILES string of the molecule is C[C@@H]1COCCN1C(=O)c1cc(Cl)nc(Cl)c1. The summed E-state index contributed by atoms with van der Waals surface area (Å²) in [6.07, 6.45) is 0. The first-order valence-corrected chi connectivity index (χ1v) is 6.05. The minimum absolute atomic E-state index is 0.0574. The van der Waals surface area contributed by atoms with Gasteiger partial charge in [-0.25, -0.2) is 4.98 Å². The zero-order chi connectivity index (χ0) is 12.4. The maximum absolute atomic E-state index is 12.2. The quantitative estimate of drug-likeness (QED) is 0.738. The molecule has 0 radical (unpaired) electrons. The van der Waals surface area contributed by atoms with Gasteiger partial charge in [-0.05, 0) is 19.1 Å². The first-order valence-electron chi connectivity index (χ1n) is 5.29. The molecule has 1 aliphatic rings. The van der Waals surface area contributed by atoms with Crippen LogP contribution in [0.3, 0.4) is 0 Å². The normalized spacial score (nSPS) is 20.4. The highest BCUT2D eigenvalue weighted by Gasteiger charge is 2.25. The Kier molecular flexibility index (Phi) is 3.86. The maximum atomic E-state index is 12.2. The minimum Gasteiger partial charge on any atom is -0.377 e. The first kappa shape index (κ1) is 12.6. The van der Waals surface area contributed by atoms with Gasteiger partial charge in [-0.1, -0.05) is 23.2 Å². The van der Waals surface area contributed by atoms with Crippen LogP contribution in [0.25, 0.3) is 0 Å². The van der Waals surface area contributed by atoms with Crippen LogP contribution in [-0.2, 0) is 4.74 Å². The van der Waals surface area contributed by atoms with Gasteiger partial charge in [-0.3, -0.25) is 4.79 Å². The second-order valence-corrected chi connectivity index (χ2v) is 4.70. The van der Waals surface area contributed by atoms with Crippen molar-refractivity contribution in [3.63, 3.8) is 0 Å². The molecule has 1 aliphatic heterocycles. The summed E-state index contributed by atoms with van der Waals surface area (Å²) in [6, 6.07) is 3.11. The highest BCUT2D eigenvalue weighted by Crippen LogP contribution is 2.18. The molecule has 4 nitrogen and oxygen atoms in total. The number of pyridine rings is 1. The van der Waals surface area contributed by atoms with Gasteiger partial charge in [0.2, 0.25) is 0 Å². The van der Waals surface area contributed by atoms with E-state index in [1.807, 2.05) is 6.92 Å². The second kappa shape index (κ2) is 5.21. The summed E-state index contributed by atoms with van der Waals surface area (Å²) >= 11 is 11.6. The molecule has 92 valence electrons. The number of halogens is 2. The topological polar surface area (TPSA) is 42.4 Å². The van der Waals surface area contributed by atoms with E-state index in [0.29, 0.717) is 25.3 Å². The molecule has 0 N–H and O–H groups in total. The van der Waals surface area contributed by atoms with Crippen LogP contribution in [0.1, 0.15) is 17.3 Å². The lowest BCUT2D eigenvalue weighted by Crippen LogP contribution is -2.47. The average Bonchev–Trinajstić information content (AvgIpc) is 2.27. The zero-order valence-electron chi connectivity index (χ0n) is 9.32. The Bertz CT molecular complexity index is 419. The Morgan fingerprint density at radius 2 is 2.12 bits per heavy atom. The Balaban J connectivity index is 2.23. The highest BCUT2D eigenvalue weighted by molar-refractivity contribution is 6.33. The molecule has 1 saturated heterocycles. The van der Waals surface area contributed by atoms with Crippen LogP contribution in [0.2, 0.25) is 10.3 Å². The molecule has 0 bridgehead atoms. The van der Waals surface area contributed by atoms with Gasteiger partial charge in [-0.15, -0.1) is 0 Å². The van der Waals surface area contributed by atoms with Gasteiger partial charge < -0.3 is 9.64 Å². The standard InChI is InChI=1S/C11H12Cl2N2O2/c1-7-6-17-3-2-15(7)11(16)8-4-9(12)14-10(13)5-8/h4-5,7H,2-3,6H2,1H3/t7-/m1/s1. The third-order valence-electron chi connectivity index (χ3n) is 2.64. The van der Waals surface area contributed by atoms with Crippen molar-refractivity contribution in [1.82, 2.24) is 9.88 Å². The molecule has 0 saturated carbocycles. The van der Waals surface area contributed by atoms with Crippen molar-refractivity contribution in [2.45, 2.75) is 13.0 Å². The fourth-order valence-corrected chi connectivity index (χ4v) is 2.24. The molecule has 0 aromatic carbocycles. The lowest BCUT2D eigenvalue weighted by Gasteiger charge is -2.33. The van der Waals surface area contributed by atoms with E-state index in [1.54, 1.807) is 4.90 Å². The largest absolute Gasteiger partial charge is 0.377 e. The number of rotatable bonds is 1. The Morgan fingerprint density at radius 1 is 1.47 bits per heavy atom. The van der Waals surface area contributed by atoms with E-state index in [1.165, 1.54) is 12.1 Å². The summed E-state index contributed by atoms with van der Waals surface area (Å²) in [5.41, 5.74) is 0.462. The summed E-state index contributed by atoms with van der Waals surface area (Å²) in [5, 5.41) is 0.448. The molecular formula is C11H12Cl2N2O2. The van der Waals surface area contributed by atoms with E-state index in [2.05, 4.69) is 4.98 Å². The van der Waals surface area contributed by atoms with Gasteiger partial charge >= 0.3 is 0 Å². The lowest BCUT2D eigenvalue weighted by molar-refractivity contribution is 0.00359. The highest BCUT2D eigenvalue weighted by atomic mass is 35.5. The Hall–Kier alpha value is -0.840. The van der Waals surface area contributed by atoms with Crippen molar-refractivity contribution in [2.24, 2.45) is 0 Å². The molecule has 1 aromatic rings. The van der Waals surface area contributed by atoms with Gasteiger partial charge in [0.25, 0.3) is 5.91 Å². The number of hydrogen-bond acceptors (Lipinski definition) is 3. The van der Waals surface area contributed by atoms with Crippen LogP contribution in [0, 0.1) is 0 Å². The van der Waals surface area contributed by atoms with Crippen LogP contribution in [0.15, 0.2) is 12.1 Å². The summed E-state index contributed by atoms with van der Waals surface area (Å²) in [7, 11) is 0. The Labute approximate surface area is 109 Å². The first-order chi connectivity index (χ1) is 8.08. The number of carbonyl (C=O) groups excluding carboxylic acids is 1. The number of hydrogen-bond donors (Lipinski definition) is 0. The zero-order valence-corrected chi connectivity index (χ0v) is 10.8. The van der Waals surface area contributed by atoms with E-state index >= 15 is 0 Å². The van der Waals surface area contributed by atoms with E-state index in [-0.39, 0.29) is 22.3 Å². The van der Waals surface area contributed by atoms with Gasteiger partial charge in [0.15, 0.2) is 0 Å². The number of amides is 1. The van der Waals surface area contributed by atoms with Crippen LogP contribution in [-0.4, -0.2) is 41.6 Å². The fourth-order valence-electron chi connectivity index (χ4n) is 1.78. The summed E-state index contributed by atoms with van der Waals surface area (Å²) in [4.78, 5) is 17.8. The van der Waals surface area contributed by atoms with E-state index in [4.69, 9.17) is 27.9 Å². The molecule has 0 unspecified atom stereocenters. The number of carbonyl (C=O) groups is 1. The van der Waals surface area contributed by atoms with E-state index in [9.17, 15) is 4.79 Å². The number of aromatic nitrogens is 1. The third-order valence-corrected chi connectivity index (χ3v) is 3.03. The molecule has 2 rings (SSSR count). The molecular weight excluding hydrogens is 263 g/mol. The molecule has 2 heterocycles. The van der Waals surface area contributed by atoms with Gasteiger partial charge in [0.1, 0.15) is 10.3 Å². The lowest BCUT2D eigenvalue weighted by atomic mass is 10.2. The van der Waals surface area contributed by atoms with Crippen molar-refractivity contribution in [3.8, 4) is 0 Å². The molecule has 6 heteroatoms. The monoisotopic (exact) mass is 274 g/mol. The van der Waals surface area contributed by atoms with Crippen LogP contribution < -0.4 is 0 Å². The summed E-state index contributed by atoms with van der Waals surface area (Å²) < 4.78 is 5.29. The average molecular weight is 275 g/mol. The molecule has 1 fully saturated rings. The summed E-state index contributed by atoms with van der Waals surface area (Å²) in [6.45, 7) is 3.64. The predicted octanol–water partition coefficient (Wildman–Crippen LogP) is 2.25. The van der Waals surface area contributed by atoms with E-state index in [0.717, 1.165) is 0 Å². The van der Waals surface area contributed by atoms with Gasteiger partial charge in [-0.2, -0.15) is 0 Å². The van der Waals surface area contributed by atoms with Crippen LogP contribution >= 0.6 is 23.2 Å². The van der Waals surface area contributed by atoms with Crippen molar-refractivity contribution in [2.75, 3.05) is 19.8 Å². The molecule has 0 spiro atoms. The number of nitrogens with zero attached hydrogens (tertiary/aromatic N) is 2. The van der Waals surface area contributed by atoms with Crippen LogP contribution in [0.4, 0.5) is 0 Å². The predicted molar refractivity (Wildman–Crippen MR) is 65.6 cm³/mol. The second-order valence-electron chi connectivity index (χ2n) is 3.92. The third kappa shape index (κ3) is 2.89. The molecule has 1 atom stereocenters. The van der Waals surface area contributed by atoms with Crippen molar-refractivity contribution >= 4 is 29.1 Å². The molecule has 0 aliphatic carbocycles. The summed E-state index contributed by atoms with van der Waals surface area (Å²) in [5.74, 6) is -0.0907. The number of morpholine rings is 1. The van der Waals surface area contributed by atoms with E-state index < -0.39 is 0 Å². The molecule has 1 aromatic heterocycles. The fraction of sp³-hybridized carbons (Fsp3) is 0.455. The van der Waals surface area contributed by atoms with Crippen molar-refractivity contribution in [3.05, 3.63) is 28.0 Å². The molecule has 17 heavy (non-hydrogen) atoms. The number of ether oxygens (including phenoxy) is 1. The molecule has 1 amide bonds. The van der Waals surface area contributed by atoms with Gasteiger partial charge in [0, 0.05) is 12.1 Å². The van der Waals surface area contributed by atoms with Gasteiger partial charge in [0.05, 0.1) is 19.3 Å². The smallest absolute Gasteiger partial charge is 0.254 e. The Morgan fingerprint density at radius 3 is 2.71 bits per heavy atom. The van der Waals surface area contributed by atoms with Crippen molar-refractivity contribution < 1.29 is 9.53 Å². The van der Waals surface area contributed by atoms with Crippen molar-refractivity contribution in [1.29, 1.82) is 0 Å².